The monoisotopic (exact) mass is 301 g/mol. The Kier molecular flexibility index (Phi) is 4.30. The summed E-state index contributed by atoms with van der Waals surface area (Å²) in [6.45, 7) is 2.46. The molecule has 3 aromatic rings. The van der Waals surface area contributed by atoms with E-state index in [1.165, 1.54) is 0 Å². The number of ether oxygens (including phenoxy) is 1. The fourth-order valence-electron chi connectivity index (χ4n) is 2.26. The van der Waals surface area contributed by atoms with Crippen LogP contribution in [0.25, 0.3) is 22.3 Å². The van der Waals surface area contributed by atoms with Crippen LogP contribution in [0.4, 0.5) is 0 Å². The number of benzene rings is 2. The van der Waals surface area contributed by atoms with Gasteiger partial charge in [0.2, 0.25) is 0 Å². The van der Waals surface area contributed by atoms with Gasteiger partial charge in [-0.1, -0.05) is 36.4 Å². The third-order valence-corrected chi connectivity index (χ3v) is 3.47. The zero-order valence-electron chi connectivity index (χ0n) is 12.7. The lowest BCUT2D eigenvalue weighted by atomic mass is 10.0. The average Bonchev–Trinajstić information content (AvgIpc) is 2.63. The van der Waals surface area contributed by atoms with Crippen molar-refractivity contribution in [3.63, 3.8) is 0 Å². The van der Waals surface area contributed by atoms with Gasteiger partial charge in [-0.05, 0) is 35.7 Å². The topological polar surface area (TPSA) is 58.8 Å². The maximum absolute atomic E-state index is 8.84. The number of hydrogen-bond acceptors (Lipinski definition) is 4. The zero-order valence-corrected chi connectivity index (χ0v) is 12.7. The van der Waals surface area contributed by atoms with Gasteiger partial charge in [0.1, 0.15) is 0 Å². The molecule has 112 valence electrons. The predicted molar refractivity (Wildman–Crippen MR) is 88.8 cm³/mol. The lowest BCUT2D eigenvalue weighted by molar-refractivity contribution is 0.312. The molecule has 0 atom stereocenters. The summed E-state index contributed by atoms with van der Waals surface area (Å²) in [6, 6.07) is 18.2. The van der Waals surface area contributed by atoms with E-state index in [-0.39, 0.29) is 0 Å². The normalized spacial score (nSPS) is 10.1. The molecular weight excluding hydrogens is 286 g/mol. The molecule has 0 saturated carbocycles. The Morgan fingerprint density at radius 3 is 1.78 bits per heavy atom. The largest absolute Gasteiger partial charge is 0.464 e. The Balaban J connectivity index is 1.82. The third-order valence-electron chi connectivity index (χ3n) is 3.47. The van der Waals surface area contributed by atoms with E-state index < -0.39 is 0 Å². The number of rotatable bonds is 4. The van der Waals surface area contributed by atoms with Crippen molar-refractivity contribution in [2.75, 3.05) is 6.61 Å². The molecule has 0 N–H and O–H groups in total. The van der Waals surface area contributed by atoms with Gasteiger partial charge in [-0.2, -0.15) is 5.26 Å². The molecule has 1 aromatic heterocycles. The summed E-state index contributed by atoms with van der Waals surface area (Å²) in [5.41, 5.74) is 4.84. The summed E-state index contributed by atoms with van der Waals surface area (Å²) in [5.74, 6) is 0. The molecule has 2 aromatic carbocycles. The first kappa shape index (κ1) is 14.7. The average molecular weight is 301 g/mol. The van der Waals surface area contributed by atoms with Crippen LogP contribution in [0.1, 0.15) is 12.5 Å². The van der Waals surface area contributed by atoms with Crippen LogP contribution in [-0.4, -0.2) is 16.6 Å². The highest BCUT2D eigenvalue weighted by molar-refractivity contribution is 5.70. The first-order valence-electron chi connectivity index (χ1n) is 7.36. The van der Waals surface area contributed by atoms with Gasteiger partial charge in [0.15, 0.2) is 0 Å². The summed E-state index contributed by atoms with van der Waals surface area (Å²) < 4.78 is 5.25. The summed E-state index contributed by atoms with van der Waals surface area (Å²) in [6.07, 6.45) is 3.52. The second kappa shape index (κ2) is 6.71. The Morgan fingerprint density at radius 1 is 0.826 bits per heavy atom. The van der Waals surface area contributed by atoms with Gasteiger partial charge in [0, 0.05) is 18.0 Å². The van der Waals surface area contributed by atoms with Gasteiger partial charge in [-0.25, -0.2) is 9.97 Å². The fraction of sp³-hybridized carbons (Fsp3) is 0.105. The second-order valence-corrected chi connectivity index (χ2v) is 4.95. The van der Waals surface area contributed by atoms with Gasteiger partial charge in [-0.3, -0.25) is 0 Å². The van der Waals surface area contributed by atoms with Crippen molar-refractivity contribution < 1.29 is 4.74 Å². The number of nitrogens with zero attached hydrogens (tertiary/aromatic N) is 3. The molecule has 0 aliphatic heterocycles. The molecule has 3 rings (SSSR count). The van der Waals surface area contributed by atoms with Crippen LogP contribution in [0.5, 0.6) is 6.01 Å². The van der Waals surface area contributed by atoms with Crippen molar-refractivity contribution in [2.24, 2.45) is 0 Å². The molecule has 4 nitrogen and oxygen atoms in total. The van der Waals surface area contributed by atoms with E-state index in [0.29, 0.717) is 18.2 Å². The summed E-state index contributed by atoms with van der Waals surface area (Å²) in [7, 11) is 0. The predicted octanol–water partition coefficient (Wildman–Crippen LogP) is 4.08. The van der Waals surface area contributed by atoms with Gasteiger partial charge in [0.25, 0.3) is 0 Å². The first-order chi connectivity index (χ1) is 11.3. The number of nitriles is 1. The van der Waals surface area contributed by atoms with Crippen molar-refractivity contribution in [1.29, 1.82) is 5.26 Å². The van der Waals surface area contributed by atoms with E-state index in [9.17, 15) is 0 Å². The maximum Gasteiger partial charge on any atom is 0.316 e. The highest BCUT2D eigenvalue weighted by Gasteiger charge is 2.03. The second-order valence-electron chi connectivity index (χ2n) is 4.95. The lowest BCUT2D eigenvalue weighted by Gasteiger charge is -2.05. The van der Waals surface area contributed by atoms with Crippen LogP contribution >= 0.6 is 0 Å². The molecule has 0 spiro atoms. The highest BCUT2D eigenvalue weighted by Crippen LogP contribution is 2.24. The molecule has 0 saturated heterocycles. The number of aromatic nitrogens is 2. The summed E-state index contributed by atoms with van der Waals surface area (Å²) in [5, 5.41) is 8.84. The van der Waals surface area contributed by atoms with Gasteiger partial charge in [0.05, 0.1) is 18.2 Å². The smallest absolute Gasteiger partial charge is 0.316 e. The van der Waals surface area contributed by atoms with E-state index in [2.05, 4.69) is 16.0 Å². The van der Waals surface area contributed by atoms with Crippen molar-refractivity contribution >= 4 is 0 Å². The van der Waals surface area contributed by atoms with Gasteiger partial charge in [-0.15, -0.1) is 0 Å². The third kappa shape index (κ3) is 3.35. The molecule has 0 radical (unpaired) electrons. The van der Waals surface area contributed by atoms with Crippen molar-refractivity contribution in [2.45, 2.75) is 6.92 Å². The standard InChI is InChI=1S/C19H15N3O/c1-2-23-19-21-12-18(13-22-19)17-9-7-16(8-10-17)15-5-3-14(11-20)4-6-15/h3-10,12-13H,2H2,1H3. The molecular formula is C19H15N3O. The molecule has 0 unspecified atom stereocenters. The van der Waals surface area contributed by atoms with Crippen LogP contribution < -0.4 is 4.74 Å². The Bertz CT molecular complexity index is 816. The molecule has 23 heavy (non-hydrogen) atoms. The van der Waals surface area contributed by atoms with E-state index >= 15 is 0 Å². The Morgan fingerprint density at radius 2 is 1.30 bits per heavy atom. The molecule has 0 aliphatic rings. The molecule has 0 fully saturated rings. The van der Waals surface area contributed by atoms with Crippen molar-refractivity contribution in [3.05, 3.63) is 66.5 Å². The lowest BCUT2D eigenvalue weighted by Crippen LogP contribution is -1.96. The zero-order chi connectivity index (χ0) is 16.1. The molecule has 0 aliphatic carbocycles. The van der Waals surface area contributed by atoms with E-state index in [1.54, 1.807) is 12.4 Å². The highest BCUT2D eigenvalue weighted by atomic mass is 16.5. The van der Waals surface area contributed by atoms with Gasteiger partial charge < -0.3 is 4.74 Å². The quantitative estimate of drug-likeness (QED) is 0.728. The number of hydrogen-bond donors (Lipinski definition) is 0. The van der Waals surface area contributed by atoms with Crippen LogP contribution in [0.3, 0.4) is 0 Å². The molecule has 0 bridgehead atoms. The van der Waals surface area contributed by atoms with Crippen LogP contribution in [-0.2, 0) is 0 Å². The fourth-order valence-corrected chi connectivity index (χ4v) is 2.26. The Hall–Kier alpha value is -3.19. The van der Waals surface area contributed by atoms with E-state index in [0.717, 1.165) is 22.3 Å². The van der Waals surface area contributed by atoms with Gasteiger partial charge >= 0.3 is 6.01 Å². The molecule has 1 heterocycles. The van der Waals surface area contributed by atoms with Crippen LogP contribution in [0, 0.1) is 11.3 Å². The minimum Gasteiger partial charge on any atom is -0.464 e. The minimum absolute atomic E-state index is 0.394. The SMILES string of the molecule is CCOc1ncc(-c2ccc(-c3ccc(C#N)cc3)cc2)cn1. The summed E-state index contributed by atoms with van der Waals surface area (Å²) >= 11 is 0. The first-order valence-corrected chi connectivity index (χ1v) is 7.36. The van der Waals surface area contributed by atoms with E-state index in [4.69, 9.17) is 10.00 Å². The minimum atomic E-state index is 0.394. The Labute approximate surface area is 135 Å². The molecule has 4 heteroatoms. The van der Waals surface area contributed by atoms with Crippen LogP contribution in [0.2, 0.25) is 0 Å². The van der Waals surface area contributed by atoms with Crippen molar-refractivity contribution in [3.8, 4) is 34.3 Å². The summed E-state index contributed by atoms with van der Waals surface area (Å²) in [4.78, 5) is 8.36. The maximum atomic E-state index is 8.84. The van der Waals surface area contributed by atoms with Crippen molar-refractivity contribution in [1.82, 2.24) is 9.97 Å². The van der Waals surface area contributed by atoms with E-state index in [1.807, 2.05) is 55.5 Å². The van der Waals surface area contributed by atoms with Crippen LogP contribution in [0.15, 0.2) is 60.9 Å². The molecule has 0 amide bonds.